The van der Waals surface area contributed by atoms with E-state index in [-0.39, 0.29) is 0 Å². The summed E-state index contributed by atoms with van der Waals surface area (Å²) in [5, 5.41) is 12.9. The van der Waals surface area contributed by atoms with Crippen molar-refractivity contribution in [2.24, 2.45) is 9.64 Å². The van der Waals surface area contributed by atoms with Gasteiger partial charge in [-0.05, 0) is 72.8 Å². The van der Waals surface area contributed by atoms with Gasteiger partial charge in [-0.1, -0.05) is 109 Å². The second-order valence-corrected chi connectivity index (χ2v) is 25.7. The molecule has 6 rings (SSSR count). The third kappa shape index (κ3) is 11.3. The predicted molar refractivity (Wildman–Crippen MR) is 245 cm³/mol. The zero-order chi connectivity index (χ0) is 38.5. The molecule has 0 unspecified atom stereocenters. The van der Waals surface area contributed by atoms with Crippen LogP contribution in [-0.2, 0) is 0 Å². The van der Waals surface area contributed by atoms with Gasteiger partial charge in [0, 0.05) is 0 Å². The summed E-state index contributed by atoms with van der Waals surface area (Å²) in [5.74, 6) is 0. The Morgan fingerprint density at radius 3 is 0.796 bits per heavy atom. The molecule has 0 fully saturated rings. The maximum atomic E-state index is 11.5. The van der Waals surface area contributed by atoms with Crippen molar-refractivity contribution in [3.05, 3.63) is 182 Å². The number of hydrogen-bond donors (Lipinski definition) is 0. The van der Waals surface area contributed by atoms with Crippen LogP contribution in [-0.4, -0.2) is 43.8 Å². The van der Waals surface area contributed by atoms with Crippen LogP contribution in [0, 0.1) is 0 Å². The van der Waals surface area contributed by atoms with Gasteiger partial charge < -0.3 is 9.13 Å². The monoisotopic (exact) mass is 909 g/mol. The normalized spacial score (nSPS) is 11.6. The Morgan fingerprint density at radius 1 is 0.426 bits per heavy atom. The molecule has 6 aromatic rings. The molecule has 0 bridgehead atoms. The summed E-state index contributed by atoms with van der Waals surface area (Å²) in [6, 6.07) is 59.7. The molecule has 6 aromatic carbocycles. The maximum Gasteiger partial charge on any atom is 0.315 e. The summed E-state index contributed by atoms with van der Waals surface area (Å²) in [6.45, 7) is 2.08. The first-order valence-electron chi connectivity index (χ1n) is 17.2. The van der Waals surface area contributed by atoms with E-state index in [1.54, 1.807) is 0 Å². The summed E-state index contributed by atoms with van der Waals surface area (Å²) < 4.78 is 36.0. The fraction of sp³-hybridized carbons (Fsp3) is 0.0930. The van der Waals surface area contributed by atoms with Crippen LogP contribution < -0.4 is 31.8 Å². The molecule has 5 nitrogen and oxygen atoms in total. The molecule has 2 N–H and O–H groups in total. The zero-order valence-electron chi connectivity index (χ0n) is 29.8. The molecule has 0 atom stereocenters. The summed E-state index contributed by atoms with van der Waals surface area (Å²) >= 11 is 10.3. The first kappa shape index (κ1) is 42.7. The van der Waals surface area contributed by atoms with Crippen molar-refractivity contribution in [2.75, 3.05) is 0 Å². The molecule has 0 spiro atoms. The molecular weight excluding hydrogens is 867 g/mol. The van der Waals surface area contributed by atoms with Crippen LogP contribution in [0.1, 0.15) is 19.8 Å². The van der Waals surface area contributed by atoms with Gasteiger partial charge in [0.15, 0.2) is 0 Å². The fourth-order valence-corrected chi connectivity index (χ4v) is 19.0. The van der Waals surface area contributed by atoms with E-state index < -0.39 is 33.5 Å². The number of rotatable bonds is 12. The van der Waals surface area contributed by atoms with Crippen molar-refractivity contribution in [2.45, 2.75) is 24.2 Å². The minimum Gasteiger partial charge on any atom is -0.307 e. The van der Waals surface area contributed by atoms with Crippen LogP contribution in [0.5, 0.6) is 0 Å². The minimum absolute atomic E-state index is 0.794. The molecule has 11 heteroatoms. The second kappa shape index (κ2) is 22.4. The zero-order valence-corrected chi connectivity index (χ0v) is 36.9. The number of benzene rings is 6. The summed E-state index contributed by atoms with van der Waals surface area (Å²) in [4.78, 5) is 0. The van der Waals surface area contributed by atoms with Gasteiger partial charge in [-0.2, -0.15) is 0 Å². The summed E-state index contributed by atoms with van der Waals surface area (Å²) in [5.41, 5.74) is 0. The number of nitrogens with zero attached hydrogens (tertiary/aromatic N) is 3. The average molecular weight is 909 g/mol. The van der Waals surface area contributed by atoms with Gasteiger partial charge in [-0.3, -0.25) is 0 Å². The molecule has 0 radical (unpaired) electrons. The Bertz CT molecular complexity index is 1900. The van der Waals surface area contributed by atoms with Crippen molar-refractivity contribution in [1.29, 1.82) is 0 Å². The Hall–Kier alpha value is -4.02. The van der Waals surface area contributed by atoms with E-state index in [2.05, 4.69) is 68.7 Å². The quantitative estimate of drug-likeness (QED) is 0.0404. The van der Waals surface area contributed by atoms with E-state index in [4.69, 9.17) is 0 Å². The molecule has 0 aliphatic rings. The molecular formula is C43H41N3O2P2S3Sn+2. The van der Waals surface area contributed by atoms with Crippen LogP contribution >= 0.6 is 50.9 Å². The van der Waals surface area contributed by atoms with Crippen molar-refractivity contribution >= 4 is 117 Å². The van der Waals surface area contributed by atoms with Crippen LogP contribution in [0.25, 0.3) is 0 Å². The average Bonchev–Trinajstić information content (AvgIpc) is 3.25. The Labute approximate surface area is 339 Å². The third-order valence-corrected chi connectivity index (χ3v) is 23.2. The number of hydrogen-bond acceptors (Lipinski definition) is 6. The van der Waals surface area contributed by atoms with Gasteiger partial charge in [0.05, 0.1) is 31.8 Å². The van der Waals surface area contributed by atoms with Crippen LogP contribution in [0.3, 0.4) is 0 Å². The Balaban J connectivity index is 0.000000185. The maximum absolute atomic E-state index is 11.5. The molecule has 0 heterocycles. The number of unbranched alkanes of at least 4 members (excludes halogenated alkanes) is 1. The van der Waals surface area contributed by atoms with E-state index in [1.165, 1.54) is 0 Å². The Kier molecular flexibility index (Phi) is 17.7. The topological polar surface area (TPSA) is 79.9 Å². The molecule has 0 amide bonds. The van der Waals surface area contributed by atoms with Crippen LogP contribution in [0.2, 0.25) is 4.44 Å². The molecule has 0 aliphatic heterocycles. The van der Waals surface area contributed by atoms with E-state index in [0.717, 1.165) is 49.1 Å². The molecule has 0 saturated carbocycles. The van der Waals surface area contributed by atoms with Gasteiger partial charge in [0.1, 0.15) is 0 Å². The molecule has 0 aromatic heterocycles. The van der Waals surface area contributed by atoms with Crippen LogP contribution in [0.15, 0.2) is 192 Å². The van der Waals surface area contributed by atoms with Gasteiger partial charge in [-0.15, -0.1) is 0 Å². The van der Waals surface area contributed by atoms with E-state index in [9.17, 15) is 9.13 Å². The summed E-state index contributed by atoms with van der Waals surface area (Å²) in [7, 11) is -5.05. The Morgan fingerprint density at radius 2 is 0.630 bits per heavy atom. The van der Waals surface area contributed by atoms with Gasteiger partial charge in [0.25, 0.3) is 0 Å². The van der Waals surface area contributed by atoms with E-state index in [1.807, 2.05) is 182 Å². The first-order chi connectivity index (χ1) is 26.4. The molecule has 270 valence electrons. The standard InChI is InChI=1S/2C18H15OP.C4H9.3CNS.Sn/c2*19-20(16-10-4-1-5-11-16,17-12-6-2-7-13-17)18-14-8-3-9-15-18;1-3-4-2;3*2-1-3;/h2*1-15H;1,3-4H2,2H3;;;;/q;;;3*-1;+3/p+2. The minimum atomic E-state index is -3.37. The molecule has 54 heavy (non-hydrogen) atoms. The molecule has 0 saturated heterocycles. The molecule has 0 aliphatic carbocycles. The van der Waals surface area contributed by atoms with E-state index in [0.29, 0.717) is 0 Å². The van der Waals surface area contributed by atoms with Gasteiger partial charge in [-0.25, -0.2) is 0 Å². The SMILES string of the molecule is CCC[CH2][Sn]([N]=C=S)([N]=C=S)[N]=C=S.[OH+]=P(c1ccccc1)(c1ccccc1)c1ccccc1.[OH+]=P(c1ccccc1)(c1ccccc1)c1ccccc1. The predicted octanol–water partition coefficient (Wildman–Crippen LogP) is 9.57. The number of isothiocyanates is 3. The van der Waals surface area contributed by atoms with Crippen molar-refractivity contribution in [3.8, 4) is 0 Å². The van der Waals surface area contributed by atoms with Crippen molar-refractivity contribution in [1.82, 2.24) is 0 Å². The van der Waals surface area contributed by atoms with Crippen molar-refractivity contribution < 1.29 is 9.13 Å². The fourth-order valence-electron chi connectivity index (χ4n) is 5.63. The summed E-state index contributed by atoms with van der Waals surface area (Å²) in [6.07, 6.45) is 2.03. The van der Waals surface area contributed by atoms with E-state index >= 15 is 0 Å². The van der Waals surface area contributed by atoms with Crippen molar-refractivity contribution in [3.63, 3.8) is 0 Å². The van der Waals surface area contributed by atoms with Crippen LogP contribution in [0.4, 0.5) is 0 Å². The third-order valence-electron chi connectivity index (χ3n) is 8.32. The number of thiocarbonyl (C=S) groups is 3. The van der Waals surface area contributed by atoms with Gasteiger partial charge >= 0.3 is 119 Å². The first-order valence-corrected chi connectivity index (χ1v) is 27.8. The smallest absolute Gasteiger partial charge is 0.307 e. The largest absolute Gasteiger partial charge is 0.315 e. The second-order valence-electron chi connectivity index (χ2n) is 11.8. The van der Waals surface area contributed by atoms with Gasteiger partial charge in [0.2, 0.25) is 0 Å².